The molecule has 1 aliphatic rings. The first-order valence-corrected chi connectivity index (χ1v) is 10.1. The van der Waals surface area contributed by atoms with Gasteiger partial charge in [-0.15, -0.1) is 4.40 Å². The van der Waals surface area contributed by atoms with E-state index in [0.717, 1.165) is 0 Å². The van der Waals surface area contributed by atoms with E-state index in [2.05, 4.69) is 4.40 Å². The van der Waals surface area contributed by atoms with E-state index < -0.39 is 33.3 Å². The minimum atomic E-state index is -4.81. The predicted octanol–water partition coefficient (Wildman–Crippen LogP) is 3.61. The minimum Gasteiger partial charge on any atom is -0.273 e. The summed E-state index contributed by atoms with van der Waals surface area (Å²) < 4.78 is 69.6. The van der Waals surface area contributed by atoms with Gasteiger partial charge in [-0.2, -0.15) is 21.6 Å². The van der Waals surface area contributed by atoms with Crippen molar-refractivity contribution < 1.29 is 26.4 Å². The van der Waals surface area contributed by atoms with Crippen LogP contribution in [0.1, 0.15) is 11.6 Å². The number of carbonyl (C=O) groups excluding carboxylic acids is 1. The molecular weight excluding hydrogens is 401 g/mol. The van der Waals surface area contributed by atoms with Gasteiger partial charge in [-0.1, -0.05) is 60.3 Å². The third kappa shape index (κ3) is 4.16. The minimum absolute atomic E-state index is 0.166. The molecule has 2 aromatic carbocycles. The van der Waals surface area contributed by atoms with Gasteiger partial charge in [-0.05, 0) is 17.7 Å². The zero-order chi connectivity index (χ0) is 19.7. The fraction of sp³-hybridized carbons (Fsp3) is 0.176. The van der Waals surface area contributed by atoms with Crippen LogP contribution in [0, 0.1) is 0 Å². The number of hydrogen-bond acceptors (Lipinski definition) is 4. The second-order valence-electron chi connectivity index (χ2n) is 5.57. The van der Waals surface area contributed by atoms with Crippen LogP contribution in [0.4, 0.5) is 13.2 Å². The highest BCUT2D eigenvalue weighted by molar-refractivity contribution is 8.15. The molecule has 0 saturated carbocycles. The van der Waals surface area contributed by atoms with E-state index in [1.165, 1.54) is 48.5 Å². The number of amidine groups is 1. The van der Waals surface area contributed by atoms with Crippen molar-refractivity contribution in [3.05, 3.63) is 66.2 Å². The molecule has 1 aliphatic heterocycles. The molecule has 1 heterocycles. The molecule has 1 saturated heterocycles. The van der Waals surface area contributed by atoms with Crippen LogP contribution in [0.3, 0.4) is 0 Å². The standard InChI is InChI=1S/C17H13F3N2O3S2/c18-17(19,20)15(12-7-3-1-4-8-12)22-14(23)11-26-16(22)21-27(24,25)13-9-5-2-6-10-13/h1-10,15H,11H2. The second kappa shape index (κ2) is 7.35. The summed E-state index contributed by atoms with van der Waals surface area (Å²) in [6, 6.07) is 11.6. The average molecular weight is 414 g/mol. The summed E-state index contributed by atoms with van der Waals surface area (Å²) in [5.74, 6) is -1.17. The number of nitrogens with zero attached hydrogens (tertiary/aromatic N) is 2. The molecule has 5 nitrogen and oxygen atoms in total. The van der Waals surface area contributed by atoms with Crippen molar-refractivity contribution in [2.24, 2.45) is 4.40 Å². The van der Waals surface area contributed by atoms with Crippen LogP contribution in [-0.2, 0) is 14.8 Å². The summed E-state index contributed by atoms with van der Waals surface area (Å²) >= 11 is 0.666. The highest BCUT2D eigenvalue weighted by Gasteiger charge is 2.50. The molecule has 0 radical (unpaired) electrons. The number of sulfonamides is 1. The molecule has 142 valence electrons. The topological polar surface area (TPSA) is 66.8 Å². The zero-order valence-corrected chi connectivity index (χ0v) is 15.3. The number of benzene rings is 2. The quantitative estimate of drug-likeness (QED) is 0.767. The first kappa shape index (κ1) is 19.4. The van der Waals surface area contributed by atoms with E-state index >= 15 is 0 Å². The number of rotatable bonds is 4. The number of carbonyl (C=O) groups is 1. The maximum Gasteiger partial charge on any atom is 0.413 e. The smallest absolute Gasteiger partial charge is 0.273 e. The Morgan fingerprint density at radius 3 is 2.11 bits per heavy atom. The average Bonchev–Trinajstić information content (AvgIpc) is 2.96. The fourth-order valence-electron chi connectivity index (χ4n) is 2.56. The van der Waals surface area contributed by atoms with Crippen molar-refractivity contribution in [3.63, 3.8) is 0 Å². The Kier molecular flexibility index (Phi) is 5.29. The molecular formula is C17H13F3N2O3S2. The van der Waals surface area contributed by atoms with Crippen LogP contribution in [0.25, 0.3) is 0 Å². The summed E-state index contributed by atoms with van der Waals surface area (Å²) in [7, 11) is -4.26. The molecule has 10 heteroatoms. The van der Waals surface area contributed by atoms with Gasteiger partial charge < -0.3 is 0 Å². The summed E-state index contributed by atoms with van der Waals surface area (Å²) in [6.07, 6.45) is -4.81. The Bertz CT molecular complexity index is 962. The van der Waals surface area contributed by atoms with Crippen molar-refractivity contribution >= 4 is 32.9 Å². The van der Waals surface area contributed by atoms with Crippen LogP contribution >= 0.6 is 11.8 Å². The van der Waals surface area contributed by atoms with E-state index in [1.54, 1.807) is 12.1 Å². The van der Waals surface area contributed by atoms with Gasteiger partial charge in [0.2, 0.25) is 5.91 Å². The SMILES string of the molecule is O=C1CSC(=NS(=O)(=O)c2ccccc2)N1C(c1ccccc1)C(F)(F)F. The molecule has 0 bridgehead atoms. The van der Waals surface area contributed by atoms with Gasteiger partial charge >= 0.3 is 6.18 Å². The van der Waals surface area contributed by atoms with Crippen LogP contribution in [-0.4, -0.2) is 36.3 Å². The van der Waals surface area contributed by atoms with E-state index in [9.17, 15) is 26.4 Å². The molecule has 2 aromatic rings. The van der Waals surface area contributed by atoms with Crippen molar-refractivity contribution in [1.82, 2.24) is 4.90 Å². The van der Waals surface area contributed by atoms with E-state index in [4.69, 9.17) is 0 Å². The summed E-state index contributed by atoms with van der Waals surface area (Å²) in [5, 5.41) is -0.491. The fourth-order valence-corrected chi connectivity index (χ4v) is 4.71. The molecule has 27 heavy (non-hydrogen) atoms. The van der Waals surface area contributed by atoms with Gasteiger partial charge in [-0.3, -0.25) is 9.69 Å². The van der Waals surface area contributed by atoms with Crippen molar-refractivity contribution in [2.45, 2.75) is 17.1 Å². The van der Waals surface area contributed by atoms with Gasteiger partial charge in [0.1, 0.15) is 0 Å². The second-order valence-corrected chi connectivity index (χ2v) is 8.12. The molecule has 0 aliphatic carbocycles. The highest BCUT2D eigenvalue weighted by Crippen LogP contribution is 2.41. The number of hydrogen-bond donors (Lipinski definition) is 0. The third-order valence-electron chi connectivity index (χ3n) is 3.72. The molecule has 0 spiro atoms. The maximum atomic E-state index is 13.8. The zero-order valence-electron chi connectivity index (χ0n) is 13.6. The van der Waals surface area contributed by atoms with Crippen molar-refractivity contribution in [3.8, 4) is 0 Å². The van der Waals surface area contributed by atoms with Crippen LogP contribution in [0.2, 0.25) is 0 Å². The van der Waals surface area contributed by atoms with Gasteiger partial charge in [0.15, 0.2) is 11.2 Å². The van der Waals surface area contributed by atoms with E-state index in [-0.39, 0.29) is 16.2 Å². The number of amides is 1. The lowest BCUT2D eigenvalue weighted by Crippen LogP contribution is -2.42. The number of thioether (sulfide) groups is 1. The van der Waals surface area contributed by atoms with Gasteiger partial charge in [-0.25, -0.2) is 0 Å². The molecule has 1 fully saturated rings. The lowest BCUT2D eigenvalue weighted by atomic mass is 10.1. The van der Waals surface area contributed by atoms with Gasteiger partial charge in [0.25, 0.3) is 10.0 Å². The van der Waals surface area contributed by atoms with Crippen molar-refractivity contribution in [2.75, 3.05) is 5.75 Å². The summed E-state index contributed by atoms with van der Waals surface area (Å²) in [6.45, 7) is 0. The van der Waals surface area contributed by atoms with Crippen LogP contribution in [0.5, 0.6) is 0 Å². The lowest BCUT2D eigenvalue weighted by Gasteiger charge is -2.29. The maximum absolute atomic E-state index is 13.8. The Balaban J connectivity index is 2.08. The third-order valence-corrected chi connectivity index (χ3v) is 6.06. The first-order chi connectivity index (χ1) is 12.7. The van der Waals surface area contributed by atoms with E-state index in [1.807, 2.05) is 0 Å². The predicted molar refractivity (Wildman–Crippen MR) is 95.6 cm³/mol. The monoisotopic (exact) mass is 414 g/mol. The summed E-state index contributed by atoms with van der Waals surface area (Å²) in [5.41, 5.74) is -0.175. The normalized spacial score (nSPS) is 18.1. The molecule has 3 rings (SSSR count). The number of halogens is 3. The number of alkyl halides is 3. The summed E-state index contributed by atoms with van der Waals surface area (Å²) in [4.78, 5) is 12.4. The van der Waals surface area contributed by atoms with Gasteiger partial charge in [0.05, 0.1) is 10.6 Å². The Morgan fingerprint density at radius 2 is 1.56 bits per heavy atom. The Labute approximate surface area is 158 Å². The largest absolute Gasteiger partial charge is 0.413 e. The van der Waals surface area contributed by atoms with Crippen LogP contribution in [0.15, 0.2) is 70.0 Å². The molecule has 1 atom stereocenters. The Hall–Kier alpha value is -2.33. The highest BCUT2D eigenvalue weighted by atomic mass is 32.2. The molecule has 1 unspecified atom stereocenters. The molecule has 0 N–H and O–H groups in total. The lowest BCUT2D eigenvalue weighted by molar-refractivity contribution is -0.180. The van der Waals surface area contributed by atoms with Crippen molar-refractivity contribution in [1.29, 1.82) is 0 Å². The Morgan fingerprint density at radius 1 is 1.00 bits per heavy atom. The first-order valence-electron chi connectivity index (χ1n) is 7.67. The van der Waals surface area contributed by atoms with E-state index in [0.29, 0.717) is 16.7 Å². The molecule has 1 amide bonds. The van der Waals surface area contributed by atoms with Crippen LogP contribution < -0.4 is 0 Å². The molecule has 0 aromatic heterocycles. The van der Waals surface area contributed by atoms with Gasteiger partial charge in [0, 0.05) is 0 Å².